The van der Waals surface area contributed by atoms with Crippen molar-refractivity contribution in [1.29, 1.82) is 0 Å². The quantitative estimate of drug-likeness (QED) is 0.419. The Hall–Kier alpha value is -3.72. The van der Waals surface area contributed by atoms with Gasteiger partial charge in [0.1, 0.15) is 18.7 Å². The Balaban J connectivity index is 1.56. The average molecular weight is 466 g/mol. The highest BCUT2D eigenvalue weighted by Gasteiger charge is 2.13. The third-order valence-corrected chi connectivity index (χ3v) is 6.52. The van der Waals surface area contributed by atoms with Gasteiger partial charge in [0.05, 0.1) is 11.3 Å². The first kappa shape index (κ1) is 22.5. The number of hydrogen-bond donors (Lipinski definition) is 1. The van der Waals surface area contributed by atoms with Crippen LogP contribution in [-0.2, 0) is 21.2 Å². The van der Waals surface area contributed by atoms with Crippen molar-refractivity contribution in [2.75, 3.05) is 6.26 Å². The Morgan fingerprint density at radius 1 is 1.09 bits per heavy atom. The Labute approximate surface area is 191 Å². The van der Waals surface area contributed by atoms with E-state index < -0.39 is 15.8 Å². The number of carbonyl (C=O) groups is 1. The van der Waals surface area contributed by atoms with Crippen LogP contribution in [0.3, 0.4) is 0 Å². The number of ether oxygens (including phenoxy) is 1. The smallest absolute Gasteiger partial charge is 0.303 e. The summed E-state index contributed by atoms with van der Waals surface area (Å²) < 4.78 is 31.1. The Morgan fingerprint density at radius 2 is 1.79 bits per heavy atom. The number of benzene rings is 2. The molecular weight excluding hydrogens is 442 g/mol. The van der Waals surface area contributed by atoms with Crippen molar-refractivity contribution >= 4 is 21.5 Å². The molecule has 170 valence electrons. The standard InChI is InChI=1S/C24H23N3O5S/c1-16(11-23(28)29)17-3-7-21(8-4-17)32-14-20-12-19(13-27-24(20)25-15-26-27)18-5-9-22(10-6-18)33(2,30)31/h3-10,12-13,15-16H,11,14H2,1-2H3,(H,28,29)/t16-/m0/s1. The maximum Gasteiger partial charge on any atom is 0.303 e. The number of carboxylic acid groups (broad SMARTS) is 1. The van der Waals surface area contributed by atoms with E-state index in [0.29, 0.717) is 11.4 Å². The van der Waals surface area contributed by atoms with Crippen molar-refractivity contribution in [3.63, 3.8) is 0 Å². The summed E-state index contributed by atoms with van der Waals surface area (Å²) in [7, 11) is -3.27. The lowest BCUT2D eigenvalue weighted by atomic mass is 9.98. The van der Waals surface area contributed by atoms with Crippen LogP contribution in [0.1, 0.15) is 30.4 Å². The Bertz CT molecular complexity index is 1390. The monoisotopic (exact) mass is 465 g/mol. The zero-order valence-corrected chi connectivity index (χ0v) is 19.0. The first-order valence-electron chi connectivity index (χ1n) is 10.3. The molecule has 0 saturated heterocycles. The van der Waals surface area contributed by atoms with Gasteiger partial charge in [-0.15, -0.1) is 0 Å². The van der Waals surface area contributed by atoms with Gasteiger partial charge in [0, 0.05) is 23.6 Å². The van der Waals surface area contributed by atoms with Crippen LogP contribution < -0.4 is 4.74 Å². The second-order valence-corrected chi connectivity index (χ2v) is 9.95. The van der Waals surface area contributed by atoms with E-state index in [-0.39, 0.29) is 23.8 Å². The molecule has 0 amide bonds. The number of aliphatic carboxylic acids is 1. The average Bonchev–Trinajstić information content (AvgIpc) is 3.26. The summed E-state index contributed by atoms with van der Waals surface area (Å²) in [5.41, 5.74) is 4.12. The highest BCUT2D eigenvalue weighted by molar-refractivity contribution is 7.90. The number of rotatable bonds is 8. The lowest BCUT2D eigenvalue weighted by Gasteiger charge is -2.12. The summed E-state index contributed by atoms with van der Waals surface area (Å²) in [6.07, 6.45) is 4.55. The maximum atomic E-state index is 11.7. The lowest BCUT2D eigenvalue weighted by molar-refractivity contribution is -0.137. The van der Waals surface area contributed by atoms with Crippen molar-refractivity contribution in [2.24, 2.45) is 0 Å². The van der Waals surface area contributed by atoms with Crippen molar-refractivity contribution in [1.82, 2.24) is 14.6 Å². The van der Waals surface area contributed by atoms with Gasteiger partial charge in [-0.05, 0) is 47.4 Å². The molecule has 2 aromatic carbocycles. The van der Waals surface area contributed by atoms with Crippen molar-refractivity contribution in [2.45, 2.75) is 30.8 Å². The normalized spacial score (nSPS) is 12.5. The molecule has 1 atom stereocenters. The fourth-order valence-corrected chi connectivity index (χ4v) is 4.22. The molecule has 4 rings (SSSR count). The summed E-state index contributed by atoms with van der Waals surface area (Å²) in [6, 6.07) is 16.0. The third-order valence-electron chi connectivity index (χ3n) is 5.39. The third kappa shape index (κ3) is 5.20. The molecule has 0 radical (unpaired) electrons. The molecule has 0 spiro atoms. The summed E-state index contributed by atoms with van der Waals surface area (Å²) >= 11 is 0. The number of fused-ring (bicyclic) bond motifs is 1. The van der Waals surface area contributed by atoms with Crippen LogP contribution >= 0.6 is 0 Å². The minimum atomic E-state index is -3.27. The first-order valence-corrected chi connectivity index (χ1v) is 12.2. The molecule has 9 heteroatoms. The van der Waals surface area contributed by atoms with Gasteiger partial charge < -0.3 is 9.84 Å². The molecule has 0 aliphatic rings. The van der Waals surface area contributed by atoms with Gasteiger partial charge in [-0.3, -0.25) is 4.79 Å². The van der Waals surface area contributed by atoms with E-state index >= 15 is 0 Å². The number of nitrogens with zero attached hydrogens (tertiary/aromatic N) is 3. The van der Waals surface area contributed by atoms with Crippen molar-refractivity contribution < 1.29 is 23.1 Å². The van der Waals surface area contributed by atoms with Crippen LogP contribution in [-0.4, -0.2) is 40.3 Å². The van der Waals surface area contributed by atoms with Gasteiger partial charge in [0.2, 0.25) is 0 Å². The first-order chi connectivity index (χ1) is 15.7. The number of aromatic nitrogens is 3. The number of sulfone groups is 1. The Kier molecular flexibility index (Phi) is 6.15. The zero-order chi connectivity index (χ0) is 23.6. The number of carboxylic acids is 1. The molecule has 0 aliphatic carbocycles. The lowest BCUT2D eigenvalue weighted by Crippen LogP contribution is -2.03. The predicted molar refractivity (Wildman–Crippen MR) is 123 cm³/mol. The number of hydrogen-bond acceptors (Lipinski definition) is 6. The summed E-state index contributed by atoms with van der Waals surface area (Å²) in [6.45, 7) is 2.13. The van der Waals surface area contributed by atoms with Gasteiger partial charge in [-0.2, -0.15) is 5.10 Å². The maximum absolute atomic E-state index is 11.7. The second-order valence-electron chi connectivity index (χ2n) is 7.94. The van der Waals surface area contributed by atoms with Gasteiger partial charge in [0.15, 0.2) is 15.5 Å². The van der Waals surface area contributed by atoms with Crippen LogP contribution in [0, 0.1) is 0 Å². The molecule has 2 heterocycles. The summed E-state index contributed by atoms with van der Waals surface area (Å²) in [5.74, 6) is -0.259. The van der Waals surface area contributed by atoms with Crippen LogP contribution in [0.5, 0.6) is 5.75 Å². The highest BCUT2D eigenvalue weighted by atomic mass is 32.2. The predicted octanol–water partition coefficient (Wildman–Crippen LogP) is 3.96. The molecule has 0 bridgehead atoms. The number of pyridine rings is 1. The summed E-state index contributed by atoms with van der Waals surface area (Å²) in [4.78, 5) is 15.5. The van der Waals surface area contributed by atoms with E-state index in [1.54, 1.807) is 28.8 Å². The zero-order valence-electron chi connectivity index (χ0n) is 18.2. The van der Waals surface area contributed by atoms with E-state index in [4.69, 9.17) is 9.84 Å². The molecule has 8 nitrogen and oxygen atoms in total. The topological polar surface area (TPSA) is 111 Å². The molecular formula is C24H23N3O5S. The van der Waals surface area contributed by atoms with E-state index in [0.717, 1.165) is 22.3 Å². The minimum Gasteiger partial charge on any atom is -0.489 e. The SMILES string of the molecule is C[C@@H](CC(=O)O)c1ccc(OCc2cc(-c3ccc(S(C)(=O)=O)cc3)cn3ncnc23)cc1. The van der Waals surface area contributed by atoms with Crippen LogP contribution in [0.2, 0.25) is 0 Å². The van der Waals surface area contributed by atoms with Gasteiger partial charge in [-0.25, -0.2) is 17.9 Å². The molecule has 0 aliphatic heterocycles. The van der Waals surface area contributed by atoms with Gasteiger partial charge in [-0.1, -0.05) is 31.2 Å². The molecule has 4 aromatic rings. The van der Waals surface area contributed by atoms with Crippen molar-refractivity contribution in [3.05, 3.63) is 78.2 Å². The fraction of sp³-hybridized carbons (Fsp3) is 0.208. The molecule has 1 N–H and O–H groups in total. The molecule has 0 fully saturated rings. The highest BCUT2D eigenvalue weighted by Crippen LogP contribution is 2.26. The van der Waals surface area contributed by atoms with E-state index in [9.17, 15) is 13.2 Å². The van der Waals surface area contributed by atoms with E-state index in [2.05, 4.69) is 10.1 Å². The van der Waals surface area contributed by atoms with Crippen LogP contribution in [0.4, 0.5) is 0 Å². The molecule has 0 unspecified atom stereocenters. The van der Waals surface area contributed by atoms with Gasteiger partial charge >= 0.3 is 5.97 Å². The largest absolute Gasteiger partial charge is 0.489 e. The second kappa shape index (κ2) is 9.03. The minimum absolute atomic E-state index is 0.0724. The summed E-state index contributed by atoms with van der Waals surface area (Å²) in [5, 5.41) is 13.2. The van der Waals surface area contributed by atoms with E-state index in [1.807, 2.05) is 43.5 Å². The van der Waals surface area contributed by atoms with Crippen LogP contribution in [0.25, 0.3) is 16.8 Å². The molecule has 33 heavy (non-hydrogen) atoms. The van der Waals surface area contributed by atoms with E-state index in [1.165, 1.54) is 12.6 Å². The molecule has 2 aromatic heterocycles. The van der Waals surface area contributed by atoms with Crippen molar-refractivity contribution in [3.8, 4) is 16.9 Å². The van der Waals surface area contributed by atoms with Gasteiger partial charge in [0.25, 0.3) is 0 Å². The molecule has 0 saturated carbocycles. The van der Waals surface area contributed by atoms with Crippen LogP contribution in [0.15, 0.2) is 72.0 Å². The Morgan fingerprint density at radius 3 is 2.42 bits per heavy atom. The fourth-order valence-electron chi connectivity index (χ4n) is 3.59.